The molecule has 4 heteroatoms. The molecule has 0 aliphatic carbocycles. The minimum absolute atomic E-state index is 0.0144. The van der Waals surface area contributed by atoms with Gasteiger partial charge in [0.05, 0.1) is 0 Å². The summed E-state index contributed by atoms with van der Waals surface area (Å²) in [5, 5.41) is 6.69. The first-order valence-corrected chi connectivity index (χ1v) is 4.07. The van der Waals surface area contributed by atoms with Gasteiger partial charge >= 0.3 is 0 Å². The van der Waals surface area contributed by atoms with Gasteiger partial charge in [0.1, 0.15) is 6.54 Å². The molecule has 0 fully saturated rings. The Morgan fingerprint density at radius 3 is 3.08 bits per heavy atom. The first-order valence-electron chi connectivity index (χ1n) is 4.07. The molecule has 12 heavy (non-hydrogen) atoms. The predicted molar refractivity (Wildman–Crippen MR) is 45.5 cm³/mol. The van der Waals surface area contributed by atoms with E-state index in [4.69, 9.17) is 0 Å². The van der Waals surface area contributed by atoms with Crippen LogP contribution in [0.3, 0.4) is 0 Å². The van der Waals surface area contributed by atoms with Crippen molar-refractivity contribution in [3.8, 4) is 0 Å². The molecule has 1 heterocycles. The molecule has 0 aromatic carbocycles. The summed E-state index contributed by atoms with van der Waals surface area (Å²) in [4.78, 5) is 11.1. The summed E-state index contributed by atoms with van der Waals surface area (Å²) >= 11 is 0. The topological polar surface area (TPSA) is 46.9 Å². The zero-order valence-corrected chi connectivity index (χ0v) is 7.16. The van der Waals surface area contributed by atoms with Crippen LogP contribution in [0.15, 0.2) is 18.5 Å². The van der Waals surface area contributed by atoms with Crippen LogP contribution in [0.5, 0.6) is 0 Å². The minimum Gasteiger partial charge on any atom is -0.355 e. The van der Waals surface area contributed by atoms with Crippen LogP contribution in [0.4, 0.5) is 0 Å². The Labute approximate surface area is 71.6 Å². The van der Waals surface area contributed by atoms with Crippen molar-refractivity contribution < 1.29 is 4.79 Å². The van der Waals surface area contributed by atoms with Crippen LogP contribution in [0.2, 0.25) is 0 Å². The Morgan fingerprint density at radius 2 is 2.50 bits per heavy atom. The predicted octanol–water partition coefficient (Wildman–Crippen LogP) is 0.409. The van der Waals surface area contributed by atoms with Crippen LogP contribution in [-0.2, 0) is 11.3 Å². The number of nitrogens with one attached hydrogen (secondary N) is 1. The molecule has 0 radical (unpaired) electrons. The highest BCUT2D eigenvalue weighted by Crippen LogP contribution is 1.83. The van der Waals surface area contributed by atoms with E-state index in [-0.39, 0.29) is 5.91 Å². The van der Waals surface area contributed by atoms with Gasteiger partial charge in [-0.1, -0.05) is 6.92 Å². The van der Waals surface area contributed by atoms with Crippen molar-refractivity contribution in [3.05, 3.63) is 18.5 Å². The lowest BCUT2D eigenvalue weighted by Gasteiger charge is -2.02. The van der Waals surface area contributed by atoms with Gasteiger partial charge in [0.15, 0.2) is 0 Å². The monoisotopic (exact) mass is 167 g/mol. The zero-order chi connectivity index (χ0) is 8.81. The van der Waals surface area contributed by atoms with Crippen molar-refractivity contribution in [2.75, 3.05) is 6.54 Å². The van der Waals surface area contributed by atoms with Crippen LogP contribution in [-0.4, -0.2) is 22.2 Å². The van der Waals surface area contributed by atoms with Crippen molar-refractivity contribution in [1.29, 1.82) is 0 Å². The van der Waals surface area contributed by atoms with E-state index < -0.39 is 0 Å². The third kappa shape index (κ3) is 2.74. The number of aromatic nitrogens is 2. The van der Waals surface area contributed by atoms with Crippen molar-refractivity contribution in [2.24, 2.45) is 0 Å². The van der Waals surface area contributed by atoms with E-state index in [0.29, 0.717) is 6.54 Å². The zero-order valence-electron chi connectivity index (χ0n) is 7.16. The first kappa shape index (κ1) is 8.77. The first-order chi connectivity index (χ1) is 5.83. The second kappa shape index (κ2) is 4.54. The molecule has 1 rings (SSSR count). The number of nitrogens with zero attached hydrogens (tertiary/aromatic N) is 2. The van der Waals surface area contributed by atoms with Crippen LogP contribution >= 0.6 is 0 Å². The van der Waals surface area contributed by atoms with Crippen LogP contribution in [0.1, 0.15) is 13.3 Å². The Hall–Kier alpha value is -1.32. The number of amides is 1. The number of carbonyl (C=O) groups excluding carboxylic acids is 1. The van der Waals surface area contributed by atoms with Gasteiger partial charge in [-0.2, -0.15) is 5.10 Å². The standard InChI is InChI=1S/C8H13N3O/c1-2-4-9-8(12)7-11-6-3-5-10-11/h3,5-6H,2,4,7H2,1H3,(H,9,12). The van der Waals surface area contributed by atoms with Crippen LogP contribution in [0.25, 0.3) is 0 Å². The van der Waals surface area contributed by atoms with Gasteiger partial charge in [0.25, 0.3) is 0 Å². The fraction of sp³-hybridized carbons (Fsp3) is 0.500. The molecule has 0 aliphatic rings. The van der Waals surface area contributed by atoms with Gasteiger partial charge in [-0.25, -0.2) is 0 Å². The van der Waals surface area contributed by atoms with Gasteiger partial charge in [-0.05, 0) is 12.5 Å². The summed E-state index contributed by atoms with van der Waals surface area (Å²) in [5.41, 5.74) is 0. The maximum atomic E-state index is 11.1. The van der Waals surface area contributed by atoms with Crippen molar-refractivity contribution in [1.82, 2.24) is 15.1 Å². The molecule has 66 valence electrons. The molecule has 1 aromatic rings. The lowest BCUT2D eigenvalue weighted by molar-refractivity contribution is -0.121. The number of hydrogen-bond acceptors (Lipinski definition) is 2. The molecule has 0 unspecified atom stereocenters. The fourth-order valence-corrected chi connectivity index (χ4v) is 0.861. The molecule has 1 aromatic heterocycles. The summed E-state index contributed by atoms with van der Waals surface area (Å²) in [6.45, 7) is 3.07. The smallest absolute Gasteiger partial charge is 0.241 e. The molecule has 0 atom stereocenters. The molecule has 0 saturated heterocycles. The van der Waals surface area contributed by atoms with Gasteiger partial charge in [0.2, 0.25) is 5.91 Å². The SMILES string of the molecule is CCCNC(=O)Cn1cccn1. The van der Waals surface area contributed by atoms with Gasteiger partial charge in [-0.3, -0.25) is 9.48 Å². The normalized spacial score (nSPS) is 9.75. The lowest BCUT2D eigenvalue weighted by Crippen LogP contribution is -2.28. The second-order valence-corrected chi connectivity index (χ2v) is 2.55. The maximum absolute atomic E-state index is 11.1. The van der Waals surface area contributed by atoms with Gasteiger partial charge < -0.3 is 5.32 Å². The van der Waals surface area contributed by atoms with Crippen molar-refractivity contribution in [2.45, 2.75) is 19.9 Å². The minimum atomic E-state index is 0.0144. The molecule has 0 aliphatic heterocycles. The third-order valence-corrected chi connectivity index (χ3v) is 1.44. The van der Waals surface area contributed by atoms with Crippen LogP contribution < -0.4 is 5.32 Å². The van der Waals surface area contributed by atoms with E-state index in [0.717, 1.165) is 13.0 Å². The Morgan fingerprint density at radius 1 is 1.67 bits per heavy atom. The molecule has 0 saturated carbocycles. The lowest BCUT2D eigenvalue weighted by atomic mass is 10.4. The van der Waals surface area contributed by atoms with Gasteiger partial charge in [-0.15, -0.1) is 0 Å². The van der Waals surface area contributed by atoms with E-state index in [1.807, 2.05) is 6.92 Å². The molecular formula is C8H13N3O. The van der Waals surface area contributed by atoms with E-state index in [9.17, 15) is 4.79 Å². The summed E-state index contributed by atoms with van der Waals surface area (Å²) in [5.74, 6) is 0.0144. The molecular weight excluding hydrogens is 154 g/mol. The molecule has 1 N–H and O–H groups in total. The second-order valence-electron chi connectivity index (χ2n) is 2.55. The van der Waals surface area contributed by atoms with Crippen molar-refractivity contribution in [3.63, 3.8) is 0 Å². The number of hydrogen-bond donors (Lipinski definition) is 1. The number of rotatable bonds is 4. The number of carbonyl (C=O) groups is 1. The average Bonchev–Trinajstić information content (AvgIpc) is 2.53. The molecule has 0 bridgehead atoms. The highest BCUT2D eigenvalue weighted by atomic mass is 16.2. The van der Waals surface area contributed by atoms with E-state index >= 15 is 0 Å². The third-order valence-electron chi connectivity index (χ3n) is 1.44. The molecule has 1 amide bonds. The molecule has 4 nitrogen and oxygen atoms in total. The van der Waals surface area contributed by atoms with Crippen LogP contribution in [0, 0.1) is 0 Å². The highest BCUT2D eigenvalue weighted by molar-refractivity contribution is 5.75. The Balaban J connectivity index is 2.27. The maximum Gasteiger partial charge on any atom is 0.241 e. The Bertz CT molecular complexity index is 230. The molecule has 0 spiro atoms. The van der Waals surface area contributed by atoms with E-state index in [2.05, 4.69) is 10.4 Å². The summed E-state index contributed by atoms with van der Waals surface area (Å²) < 4.78 is 1.60. The highest BCUT2D eigenvalue weighted by Gasteiger charge is 1.99. The van der Waals surface area contributed by atoms with E-state index in [1.54, 1.807) is 23.1 Å². The fourth-order valence-electron chi connectivity index (χ4n) is 0.861. The summed E-state index contributed by atoms with van der Waals surface area (Å²) in [6.07, 6.45) is 4.39. The van der Waals surface area contributed by atoms with Gasteiger partial charge in [0, 0.05) is 18.9 Å². The average molecular weight is 167 g/mol. The van der Waals surface area contributed by atoms with Crippen molar-refractivity contribution >= 4 is 5.91 Å². The largest absolute Gasteiger partial charge is 0.355 e. The Kier molecular flexibility index (Phi) is 3.32. The summed E-state index contributed by atoms with van der Waals surface area (Å²) in [6, 6.07) is 1.80. The summed E-state index contributed by atoms with van der Waals surface area (Å²) in [7, 11) is 0. The quantitative estimate of drug-likeness (QED) is 0.706. The van der Waals surface area contributed by atoms with E-state index in [1.165, 1.54) is 0 Å².